The predicted octanol–water partition coefficient (Wildman–Crippen LogP) is 3.33. The molecule has 0 spiro atoms. The van der Waals surface area contributed by atoms with Crippen LogP contribution >= 0.6 is 0 Å². The number of hydrogen-bond acceptors (Lipinski definition) is 4. The monoisotopic (exact) mass is 277 g/mol. The molecule has 0 atom stereocenters. The molecule has 0 aliphatic carbocycles. The van der Waals surface area contributed by atoms with Crippen molar-refractivity contribution in [3.63, 3.8) is 0 Å². The Morgan fingerprint density at radius 2 is 2.05 bits per heavy atom. The van der Waals surface area contributed by atoms with Crippen molar-refractivity contribution in [2.45, 2.75) is 13.5 Å². The molecule has 20 heavy (non-hydrogen) atoms. The molecule has 0 aliphatic heterocycles. The van der Waals surface area contributed by atoms with E-state index < -0.39 is 17.3 Å². The minimum atomic E-state index is -0.590. The summed E-state index contributed by atoms with van der Waals surface area (Å²) in [6, 6.07) is 8.32. The van der Waals surface area contributed by atoms with Gasteiger partial charge in [0.15, 0.2) is 0 Å². The van der Waals surface area contributed by atoms with Crippen LogP contribution in [-0.2, 0) is 6.61 Å². The number of aliphatic hydroxyl groups is 1. The van der Waals surface area contributed by atoms with Gasteiger partial charge in [-0.25, -0.2) is 4.39 Å². The first kappa shape index (κ1) is 14.0. The molecule has 0 unspecified atom stereocenters. The van der Waals surface area contributed by atoms with Crippen LogP contribution < -0.4 is 4.74 Å². The van der Waals surface area contributed by atoms with E-state index in [4.69, 9.17) is 9.84 Å². The van der Waals surface area contributed by atoms with Gasteiger partial charge in [-0.15, -0.1) is 0 Å². The molecule has 2 aromatic rings. The Bertz CT molecular complexity index is 658. The van der Waals surface area contributed by atoms with Crippen LogP contribution in [0.2, 0.25) is 0 Å². The van der Waals surface area contributed by atoms with Crippen LogP contribution in [0.1, 0.15) is 11.1 Å². The van der Waals surface area contributed by atoms with Crippen molar-refractivity contribution in [2.75, 3.05) is 0 Å². The second-order valence-corrected chi connectivity index (χ2v) is 4.18. The van der Waals surface area contributed by atoms with Gasteiger partial charge in [0.25, 0.3) is 5.69 Å². The minimum Gasteiger partial charge on any atom is -0.456 e. The van der Waals surface area contributed by atoms with Gasteiger partial charge in [0.1, 0.15) is 17.3 Å². The average molecular weight is 277 g/mol. The summed E-state index contributed by atoms with van der Waals surface area (Å²) >= 11 is 0. The summed E-state index contributed by atoms with van der Waals surface area (Å²) in [4.78, 5) is 10.2. The number of aliphatic hydroxyl groups excluding tert-OH is 1. The number of benzene rings is 2. The number of nitrogens with zero attached hydrogens (tertiary/aromatic N) is 1. The molecule has 0 radical (unpaired) electrons. The maximum absolute atomic E-state index is 13.5. The third-order valence-corrected chi connectivity index (χ3v) is 2.84. The molecule has 0 bridgehead atoms. The van der Waals surface area contributed by atoms with E-state index in [0.717, 1.165) is 0 Å². The van der Waals surface area contributed by atoms with Gasteiger partial charge in [-0.2, -0.15) is 0 Å². The lowest BCUT2D eigenvalue weighted by Gasteiger charge is -2.12. The predicted molar refractivity (Wildman–Crippen MR) is 70.2 cm³/mol. The van der Waals surface area contributed by atoms with E-state index in [1.807, 2.05) is 0 Å². The number of ether oxygens (including phenoxy) is 1. The molecule has 5 nitrogen and oxygen atoms in total. The number of aryl methyl sites for hydroxylation is 1. The number of halogens is 1. The number of nitro groups is 1. The topological polar surface area (TPSA) is 72.6 Å². The second-order valence-electron chi connectivity index (χ2n) is 4.18. The zero-order valence-corrected chi connectivity index (χ0v) is 10.7. The molecule has 0 amide bonds. The first-order valence-corrected chi connectivity index (χ1v) is 5.84. The molecule has 2 rings (SSSR count). The lowest BCUT2D eigenvalue weighted by molar-refractivity contribution is -0.384. The maximum atomic E-state index is 13.5. The highest BCUT2D eigenvalue weighted by Gasteiger charge is 2.13. The Hall–Kier alpha value is -2.47. The summed E-state index contributed by atoms with van der Waals surface area (Å²) in [5, 5.41) is 19.9. The van der Waals surface area contributed by atoms with Gasteiger partial charge >= 0.3 is 0 Å². The number of nitro benzene ring substituents is 1. The zero-order valence-electron chi connectivity index (χ0n) is 10.7. The molecule has 1 N–H and O–H groups in total. The highest BCUT2D eigenvalue weighted by atomic mass is 19.1. The van der Waals surface area contributed by atoms with Crippen LogP contribution in [0.4, 0.5) is 10.1 Å². The first-order chi connectivity index (χ1) is 9.52. The number of rotatable bonds is 4. The van der Waals surface area contributed by atoms with Crippen LogP contribution in [0.3, 0.4) is 0 Å². The van der Waals surface area contributed by atoms with Crippen LogP contribution in [0.15, 0.2) is 36.4 Å². The Morgan fingerprint density at radius 1 is 1.30 bits per heavy atom. The van der Waals surface area contributed by atoms with E-state index in [0.29, 0.717) is 5.56 Å². The minimum absolute atomic E-state index is 0.0124. The number of hydrogen-bond donors (Lipinski definition) is 1. The first-order valence-electron chi connectivity index (χ1n) is 5.84. The molecule has 0 aromatic heterocycles. The molecule has 6 heteroatoms. The zero-order chi connectivity index (χ0) is 14.7. The van der Waals surface area contributed by atoms with Crippen molar-refractivity contribution in [1.29, 1.82) is 0 Å². The maximum Gasteiger partial charge on any atom is 0.273 e. The lowest BCUT2D eigenvalue weighted by Crippen LogP contribution is -1.97. The molecule has 0 saturated carbocycles. The number of non-ortho nitro benzene ring substituents is 1. The van der Waals surface area contributed by atoms with Crippen LogP contribution in [0.5, 0.6) is 11.5 Å². The van der Waals surface area contributed by atoms with E-state index in [1.165, 1.54) is 30.3 Å². The molecule has 0 aliphatic rings. The second kappa shape index (κ2) is 5.66. The van der Waals surface area contributed by atoms with E-state index in [2.05, 4.69) is 0 Å². The van der Waals surface area contributed by atoms with Crippen molar-refractivity contribution >= 4 is 5.69 Å². The highest BCUT2D eigenvalue weighted by molar-refractivity contribution is 5.47. The fourth-order valence-electron chi connectivity index (χ4n) is 1.72. The van der Waals surface area contributed by atoms with Crippen LogP contribution in [-0.4, -0.2) is 10.0 Å². The van der Waals surface area contributed by atoms with Gasteiger partial charge in [0.2, 0.25) is 0 Å². The summed E-state index contributed by atoms with van der Waals surface area (Å²) < 4.78 is 19.0. The molecule has 0 fully saturated rings. The SMILES string of the molecule is Cc1ccc([N+](=O)[O-])cc1Oc1cccc(F)c1CO. The van der Waals surface area contributed by atoms with Crippen molar-refractivity contribution in [3.8, 4) is 11.5 Å². The van der Waals surface area contributed by atoms with Gasteiger partial charge in [-0.05, 0) is 30.7 Å². The quantitative estimate of drug-likeness (QED) is 0.687. The van der Waals surface area contributed by atoms with Crippen molar-refractivity contribution in [3.05, 3.63) is 63.5 Å². The van der Waals surface area contributed by atoms with Crippen molar-refractivity contribution in [1.82, 2.24) is 0 Å². The van der Waals surface area contributed by atoms with Gasteiger partial charge in [-0.1, -0.05) is 6.07 Å². The highest BCUT2D eigenvalue weighted by Crippen LogP contribution is 2.31. The fourth-order valence-corrected chi connectivity index (χ4v) is 1.72. The summed E-state index contributed by atoms with van der Waals surface area (Å²) in [5.74, 6) is -0.205. The molecule has 104 valence electrons. The van der Waals surface area contributed by atoms with E-state index in [1.54, 1.807) is 13.0 Å². The van der Waals surface area contributed by atoms with E-state index in [9.17, 15) is 14.5 Å². The smallest absolute Gasteiger partial charge is 0.273 e. The molecular weight excluding hydrogens is 265 g/mol. The van der Waals surface area contributed by atoms with Crippen LogP contribution in [0.25, 0.3) is 0 Å². The Kier molecular flexibility index (Phi) is 3.95. The Labute approximate surface area is 114 Å². The fraction of sp³-hybridized carbons (Fsp3) is 0.143. The molecule has 2 aromatic carbocycles. The largest absolute Gasteiger partial charge is 0.456 e. The summed E-state index contributed by atoms with van der Waals surface area (Å²) in [5.41, 5.74) is 0.565. The lowest BCUT2D eigenvalue weighted by atomic mass is 10.2. The normalized spacial score (nSPS) is 10.3. The van der Waals surface area contributed by atoms with Gasteiger partial charge in [0, 0.05) is 6.07 Å². The van der Waals surface area contributed by atoms with Crippen molar-refractivity contribution < 1.29 is 19.2 Å². The summed E-state index contributed by atoms with van der Waals surface area (Å²) in [6.45, 7) is 1.20. The third kappa shape index (κ3) is 2.75. The van der Waals surface area contributed by atoms with Gasteiger partial charge in [0.05, 0.1) is 23.2 Å². The third-order valence-electron chi connectivity index (χ3n) is 2.84. The molecular formula is C14H12FNO4. The van der Waals surface area contributed by atoms with Gasteiger partial charge in [-0.3, -0.25) is 10.1 Å². The van der Waals surface area contributed by atoms with Crippen LogP contribution in [0, 0.1) is 22.9 Å². The van der Waals surface area contributed by atoms with Crippen molar-refractivity contribution in [2.24, 2.45) is 0 Å². The van der Waals surface area contributed by atoms with Gasteiger partial charge < -0.3 is 9.84 Å². The Morgan fingerprint density at radius 3 is 2.70 bits per heavy atom. The molecule has 0 saturated heterocycles. The average Bonchev–Trinajstić information content (AvgIpc) is 2.41. The van der Waals surface area contributed by atoms with E-state index in [-0.39, 0.29) is 22.7 Å². The van der Waals surface area contributed by atoms with E-state index >= 15 is 0 Å². The molecule has 0 heterocycles. The standard InChI is InChI=1S/C14H12FNO4/c1-9-5-6-10(16(18)19)7-14(9)20-13-4-2-3-12(15)11(13)8-17/h2-7,17H,8H2,1H3. The summed E-state index contributed by atoms with van der Waals surface area (Å²) in [6.07, 6.45) is 0. The Balaban J connectivity index is 2.42. The summed E-state index contributed by atoms with van der Waals surface area (Å²) in [7, 11) is 0.